The van der Waals surface area contributed by atoms with Crippen LogP contribution in [-0.4, -0.2) is 45.1 Å². The van der Waals surface area contributed by atoms with Crippen molar-refractivity contribution < 1.29 is 26.3 Å². The van der Waals surface area contributed by atoms with Gasteiger partial charge in [-0.05, 0) is 51.8 Å². The van der Waals surface area contributed by atoms with E-state index in [1.807, 2.05) is 6.92 Å². The van der Waals surface area contributed by atoms with E-state index in [2.05, 4.69) is 15.6 Å². The first-order chi connectivity index (χ1) is 13.2. The van der Waals surface area contributed by atoms with Crippen molar-refractivity contribution in [1.82, 2.24) is 10.6 Å². The molecule has 0 aliphatic rings. The summed E-state index contributed by atoms with van der Waals surface area (Å²) < 4.78 is 68.4. The molecule has 0 aliphatic heterocycles. The number of aliphatic imine (C=N–C) groups is 1. The summed E-state index contributed by atoms with van der Waals surface area (Å²) in [4.78, 5) is 4.20. The van der Waals surface area contributed by atoms with E-state index in [9.17, 15) is 21.6 Å². The maximum absolute atomic E-state index is 13.5. The van der Waals surface area contributed by atoms with Crippen molar-refractivity contribution in [2.45, 2.75) is 52.4 Å². The zero-order chi connectivity index (χ0) is 22.3. The van der Waals surface area contributed by atoms with Crippen LogP contribution in [0.1, 0.15) is 45.2 Å². The molecule has 0 aliphatic carbocycles. The first-order valence-corrected chi connectivity index (χ1v) is 11.4. The number of nitrogens with zero attached hydrogens (tertiary/aromatic N) is 1. The van der Waals surface area contributed by atoms with Gasteiger partial charge in [-0.3, -0.25) is 0 Å². The molecule has 1 rings (SSSR count). The van der Waals surface area contributed by atoms with Crippen molar-refractivity contribution in [2.24, 2.45) is 4.99 Å². The van der Waals surface area contributed by atoms with Crippen LogP contribution in [0.4, 0.5) is 13.2 Å². The van der Waals surface area contributed by atoms with E-state index in [0.29, 0.717) is 25.5 Å². The van der Waals surface area contributed by atoms with Gasteiger partial charge in [0.2, 0.25) is 0 Å². The fraction of sp³-hybridized carbons (Fsp3) is 0.632. The van der Waals surface area contributed by atoms with Crippen molar-refractivity contribution in [1.29, 1.82) is 0 Å². The van der Waals surface area contributed by atoms with Gasteiger partial charge in [-0.2, -0.15) is 13.2 Å². The number of benzene rings is 1. The molecule has 29 heavy (non-hydrogen) atoms. The molecule has 0 amide bonds. The minimum Gasteiger partial charge on any atom is -0.488 e. The second-order valence-electron chi connectivity index (χ2n) is 7.64. The molecular formula is C19H30F3N3O3S. The molecule has 1 aromatic rings. The molecule has 0 spiro atoms. The van der Waals surface area contributed by atoms with Gasteiger partial charge in [0, 0.05) is 19.3 Å². The zero-order valence-corrected chi connectivity index (χ0v) is 18.3. The van der Waals surface area contributed by atoms with E-state index in [0.717, 1.165) is 12.3 Å². The molecule has 0 saturated heterocycles. The van der Waals surface area contributed by atoms with Gasteiger partial charge in [0.1, 0.15) is 21.2 Å². The van der Waals surface area contributed by atoms with E-state index in [1.54, 1.807) is 20.8 Å². The van der Waals surface area contributed by atoms with Crippen molar-refractivity contribution in [2.75, 3.05) is 25.1 Å². The smallest absolute Gasteiger partial charge is 0.416 e. The van der Waals surface area contributed by atoms with Gasteiger partial charge in [-0.15, -0.1) is 0 Å². The maximum Gasteiger partial charge on any atom is 0.416 e. The summed E-state index contributed by atoms with van der Waals surface area (Å²) in [7, 11) is -3.07. The fourth-order valence-corrected chi connectivity index (χ4v) is 3.09. The molecule has 0 aromatic heterocycles. The van der Waals surface area contributed by atoms with Crippen LogP contribution in [0.15, 0.2) is 23.2 Å². The minimum absolute atomic E-state index is 0.0205. The molecule has 0 heterocycles. The number of halogens is 3. The Hall–Kier alpha value is -1.97. The Balaban J connectivity index is 2.96. The quantitative estimate of drug-likeness (QED) is 0.370. The molecule has 0 radical (unpaired) electrons. The molecule has 0 bridgehead atoms. The Bertz CT molecular complexity index is 801. The van der Waals surface area contributed by atoms with Crippen molar-refractivity contribution in [3.63, 3.8) is 0 Å². The SMILES string of the molecule is CCNC(=NCc1ccc(OC(C)(C)C)cc1C(F)(F)F)NCCCS(C)(=O)=O. The monoisotopic (exact) mass is 437 g/mol. The van der Waals surface area contributed by atoms with E-state index >= 15 is 0 Å². The summed E-state index contributed by atoms with van der Waals surface area (Å²) in [6.07, 6.45) is -3.02. The maximum atomic E-state index is 13.5. The third kappa shape index (κ3) is 10.4. The lowest BCUT2D eigenvalue weighted by molar-refractivity contribution is -0.138. The number of guanidine groups is 1. The number of sulfone groups is 1. The van der Waals surface area contributed by atoms with E-state index in [4.69, 9.17) is 4.74 Å². The van der Waals surface area contributed by atoms with Gasteiger partial charge in [0.05, 0.1) is 17.9 Å². The molecule has 6 nitrogen and oxygen atoms in total. The van der Waals surface area contributed by atoms with Crippen molar-refractivity contribution in [3.8, 4) is 5.75 Å². The highest BCUT2D eigenvalue weighted by molar-refractivity contribution is 7.90. The fourth-order valence-electron chi connectivity index (χ4n) is 2.42. The molecule has 0 atom stereocenters. The van der Waals surface area contributed by atoms with Crippen LogP contribution in [0.3, 0.4) is 0 Å². The van der Waals surface area contributed by atoms with Crippen LogP contribution in [0, 0.1) is 0 Å². The number of hydrogen-bond acceptors (Lipinski definition) is 4. The Labute approximate surface area is 170 Å². The molecule has 2 N–H and O–H groups in total. The molecule has 0 saturated carbocycles. The van der Waals surface area contributed by atoms with Crippen LogP contribution >= 0.6 is 0 Å². The predicted molar refractivity (Wildman–Crippen MR) is 109 cm³/mol. The molecule has 10 heteroatoms. The summed E-state index contributed by atoms with van der Waals surface area (Å²) in [5.41, 5.74) is -1.39. The highest BCUT2D eigenvalue weighted by Crippen LogP contribution is 2.35. The van der Waals surface area contributed by atoms with Gasteiger partial charge >= 0.3 is 6.18 Å². The largest absolute Gasteiger partial charge is 0.488 e. The van der Waals surface area contributed by atoms with Gasteiger partial charge in [-0.25, -0.2) is 13.4 Å². The lowest BCUT2D eigenvalue weighted by Crippen LogP contribution is -2.38. The highest BCUT2D eigenvalue weighted by Gasteiger charge is 2.34. The first kappa shape index (κ1) is 25.1. The number of hydrogen-bond donors (Lipinski definition) is 2. The van der Waals surface area contributed by atoms with Gasteiger partial charge in [-0.1, -0.05) is 6.07 Å². The lowest BCUT2D eigenvalue weighted by atomic mass is 10.1. The van der Waals surface area contributed by atoms with Crippen LogP contribution in [0.25, 0.3) is 0 Å². The third-order valence-electron chi connectivity index (χ3n) is 3.55. The summed E-state index contributed by atoms with van der Waals surface area (Å²) in [5.74, 6) is 0.486. The second kappa shape index (κ2) is 10.2. The van der Waals surface area contributed by atoms with Crippen molar-refractivity contribution >= 4 is 15.8 Å². The summed E-state index contributed by atoms with van der Waals surface area (Å²) >= 11 is 0. The van der Waals surface area contributed by atoms with Crippen LogP contribution in [-0.2, 0) is 22.6 Å². The molecule has 166 valence electrons. The Morgan fingerprint density at radius 2 is 1.83 bits per heavy atom. The number of rotatable bonds is 8. The first-order valence-electron chi connectivity index (χ1n) is 9.30. The molecule has 0 fully saturated rings. The Morgan fingerprint density at radius 1 is 1.17 bits per heavy atom. The average Bonchev–Trinajstić information content (AvgIpc) is 2.54. The molecular weight excluding hydrogens is 407 g/mol. The third-order valence-corrected chi connectivity index (χ3v) is 4.58. The Morgan fingerprint density at radius 3 is 2.34 bits per heavy atom. The lowest BCUT2D eigenvalue weighted by Gasteiger charge is -2.22. The zero-order valence-electron chi connectivity index (χ0n) is 17.5. The molecule has 1 aromatic carbocycles. The predicted octanol–water partition coefficient (Wildman–Crippen LogP) is 3.37. The summed E-state index contributed by atoms with van der Waals surface area (Å²) in [6.45, 7) is 7.77. The summed E-state index contributed by atoms with van der Waals surface area (Å²) in [5, 5.41) is 5.87. The van der Waals surface area contributed by atoms with E-state index < -0.39 is 27.2 Å². The normalized spacial score (nSPS) is 13.3. The standard InChI is InChI=1S/C19H30F3N3O3S/c1-6-23-17(24-10-7-11-29(5,26)27)25-13-14-8-9-15(28-18(2,3)4)12-16(14)19(20,21)22/h8-9,12H,6-7,10-11,13H2,1-5H3,(H2,23,24,25). The van der Waals surface area contributed by atoms with Crippen LogP contribution < -0.4 is 15.4 Å². The minimum atomic E-state index is -4.54. The van der Waals surface area contributed by atoms with Crippen LogP contribution in [0.5, 0.6) is 5.75 Å². The number of ether oxygens (including phenoxy) is 1. The Kier molecular flexibility index (Phi) is 8.80. The van der Waals surface area contributed by atoms with Crippen LogP contribution in [0.2, 0.25) is 0 Å². The summed E-state index contributed by atoms with van der Waals surface area (Å²) in [6, 6.07) is 3.85. The number of alkyl halides is 3. The van der Waals surface area contributed by atoms with Gasteiger partial charge in [0.15, 0.2) is 5.96 Å². The van der Waals surface area contributed by atoms with Gasteiger partial charge < -0.3 is 15.4 Å². The second-order valence-corrected chi connectivity index (χ2v) is 9.90. The number of nitrogens with one attached hydrogen (secondary N) is 2. The van der Waals surface area contributed by atoms with E-state index in [-0.39, 0.29) is 23.6 Å². The van der Waals surface area contributed by atoms with Crippen molar-refractivity contribution in [3.05, 3.63) is 29.3 Å². The van der Waals surface area contributed by atoms with E-state index in [1.165, 1.54) is 12.1 Å². The average molecular weight is 438 g/mol. The molecule has 0 unspecified atom stereocenters. The topological polar surface area (TPSA) is 79.8 Å². The van der Waals surface area contributed by atoms with Gasteiger partial charge in [0.25, 0.3) is 0 Å². The highest BCUT2D eigenvalue weighted by atomic mass is 32.2.